The lowest BCUT2D eigenvalue weighted by molar-refractivity contribution is 0.102. The van der Waals surface area contributed by atoms with E-state index in [9.17, 15) is 4.79 Å². The summed E-state index contributed by atoms with van der Waals surface area (Å²) in [5.74, 6) is -0.114. The van der Waals surface area contributed by atoms with Gasteiger partial charge in [0.2, 0.25) is 0 Å². The summed E-state index contributed by atoms with van der Waals surface area (Å²) < 4.78 is 0. The Kier molecular flexibility index (Phi) is 5.64. The molecule has 0 unspecified atom stereocenters. The largest absolute Gasteiger partial charge is 0.321 e. The molecule has 132 valence electrons. The number of benzene rings is 2. The Bertz CT molecular complexity index is 934. The Morgan fingerprint density at radius 1 is 1.00 bits per heavy atom. The van der Waals surface area contributed by atoms with Crippen molar-refractivity contribution in [3.8, 4) is 0 Å². The van der Waals surface area contributed by atoms with Crippen molar-refractivity contribution in [2.45, 2.75) is 30.7 Å². The van der Waals surface area contributed by atoms with Crippen LogP contribution in [0.15, 0.2) is 64.6 Å². The van der Waals surface area contributed by atoms with Gasteiger partial charge in [-0.3, -0.25) is 4.79 Å². The zero-order chi connectivity index (χ0) is 18.7. The van der Waals surface area contributed by atoms with E-state index in [1.165, 1.54) is 0 Å². The molecule has 0 aliphatic heterocycles. The molecule has 1 N–H and O–H groups in total. The number of hydrogen-bond acceptors (Lipinski definition) is 3. The molecule has 0 radical (unpaired) electrons. The molecule has 0 saturated heterocycles. The Labute approximate surface area is 162 Å². The van der Waals surface area contributed by atoms with Gasteiger partial charge in [0.1, 0.15) is 5.03 Å². The highest BCUT2D eigenvalue weighted by Crippen LogP contribution is 2.30. The Morgan fingerprint density at radius 2 is 1.73 bits per heavy atom. The topological polar surface area (TPSA) is 42.0 Å². The monoisotopic (exact) mass is 382 g/mol. The second-order valence-electron chi connectivity index (χ2n) is 6.12. The van der Waals surface area contributed by atoms with Gasteiger partial charge < -0.3 is 5.32 Å². The first-order chi connectivity index (χ1) is 12.4. The number of aryl methyl sites for hydroxylation is 3. The third-order valence-corrected chi connectivity index (χ3v) is 5.42. The van der Waals surface area contributed by atoms with Crippen LogP contribution in [0.5, 0.6) is 0 Å². The van der Waals surface area contributed by atoms with Crippen LogP contribution in [-0.2, 0) is 0 Å². The van der Waals surface area contributed by atoms with Crippen LogP contribution in [0, 0.1) is 20.8 Å². The zero-order valence-electron chi connectivity index (χ0n) is 14.8. The van der Waals surface area contributed by atoms with Crippen molar-refractivity contribution in [3.05, 3.63) is 82.0 Å². The lowest BCUT2D eigenvalue weighted by Crippen LogP contribution is -2.15. The SMILES string of the molecule is Cc1cc(Cl)ccc1Sc1ccc(NC(=O)c2c(C)cccc2C)cn1. The van der Waals surface area contributed by atoms with E-state index in [2.05, 4.69) is 10.3 Å². The number of anilines is 1. The predicted molar refractivity (Wildman–Crippen MR) is 108 cm³/mol. The van der Waals surface area contributed by atoms with Crippen LogP contribution >= 0.6 is 23.4 Å². The Balaban J connectivity index is 1.72. The average Bonchev–Trinajstić information content (AvgIpc) is 2.59. The molecule has 3 nitrogen and oxygen atoms in total. The van der Waals surface area contributed by atoms with Crippen LogP contribution < -0.4 is 5.32 Å². The normalized spacial score (nSPS) is 10.6. The van der Waals surface area contributed by atoms with E-state index < -0.39 is 0 Å². The fourth-order valence-corrected chi connectivity index (χ4v) is 3.77. The highest BCUT2D eigenvalue weighted by atomic mass is 35.5. The van der Waals surface area contributed by atoms with Gasteiger partial charge in [0.25, 0.3) is 5.91 Å². The number of carbonyl (C=O) groups is 1. The van der Waals surface area contributed by atoms with Crippen LogP contribution in [0.4, 0.5) is 5.69 Å². The van der Waals surface area contributed by atoms with Gasteiger partial charge in [-0.15, -0.1) is 0 Å². The van der Waals surface area contributed by atoms with E-state index >= 15 is 0 Å². The predicted octanol–water partition coefficient (Wildman–Crippen LogP) is 6.06. The smallest absolute Gasteiger partial charge is 0.256 e. The first-order valence-electron chi connectivity index (χ1n) is 8.21. The van der Waals surface area contributed by atoms with Gasteiger partial charge in [-0.25, -0.2) is 4.98 Å². The molecule has 0 saturated carbocycles. The van der Waals surface area contributed by atoms with E-state index in [0.29, 0.717) is 11.3 Å². The molecule has 1 aromatic heterocycles. The lowest BCUT2D eigenvalue weighted by Gasteiger charge is -2.11. The van der Waals surface area contributed by atoms with Crippen LogP contribution in [0.25, 0.3) is 0 Å². The Morgan fingerprint density at radius 3 is 2.35 bits per heavy atom. The molecule has 2 aromatic carbocycles. The minimum atomic E-state index is -0.114. The molecule has 26 heavy (non-hydrogen) atoms. The molecular formula is C21H19ClN2OS. The van der Waals surface area contributed by atoms with Gasteiger partial charge in [-0.2, -0.15) is 0 Å². The fraction of sp³-hybridized carbons (Fsp3) is 0.143. The van der Waals surface area contributed by atoms with E-state index in [0.717, 1.165) is 31.6 Å². The number of rotatable bonds is 4. The van der Waals surface area contributed by atoms with Crippen LogP contribution in [-0.4, -0.2) is 10.9 Å². The Hall–Kier alpha value is -2.30. The number of carbonyl (C=O) groups excluding carboxylic acids is 1. The molecular weight excluding hydrogens is 364 g/mol. The summed E-state index contributed by atoms with van der Waals surface area (Å²) in [5, 5.41) is 4.51. The maximum absolute atomic E-state index is 12.6. The summed E-state index contributed by atoms with van der Waals surface area (Å²) >= 11 is 7.57. The zero-order valence-corrected chi connectivity index (χ0v) is 16.4. The molecule has 0 aliphatic rings. The lowest BCUT2D eigenvalue weighted by atomic mass is 10.0. The first-order valence-corrected chi connectivity index (χ1v) is 9.41. The summed E-state index contributed by atoms with van der Waals surface area (Å²) in [5.41, 5.74) is 4.41. The minimum Gasteiger partial charge on any atom is -0.321 e. The van der Waals surface area contributed by atoms with Crippen molar-refractivity contribution in [1.82, 2.24) is 4.98 Å². The molecule has 3 aromatic rings. The van der Waals surface area contributed by atoms with Gasteiger partial charge in [0.05, 0.1) is 11.9 Å². The molecule has 1 amide bonds. The second kappa shape index (κ2) is 7.94. The van der Waals surface area contributed by atoms with Crippen molar-refractivity contribution in [2.75, 3.05) is 5.32 Å². The molecule has 1 heterocycles. The molecule has 0 fully saturated rings. The number of hydrogen-bond donors (Lipinski definition) is 1. The van der Waals surface area contributed by atoms with Crippen molar-refractivity contribution >= 4 is 35.0 Å². The molecule has 0 aliphatic carbocycles. The van der Waals surface area contributed by atoms with Crippen molar-refractivity contribution in [3.63, 3.8) is 0 Å². The van der Waals surface area contributed by atoms with Gasteiger partial charge >= 0.3 is 0 Å². The van der Waals surface area contributed by atoms with E-state index in [1.807, 2.05) is 69.3 Å². The van der Waals surface area contributed by atoms with Gasteiger partial charge in [-0.1, -0.05) is 41.6 Å². The van der Waals surface area contributed by atoms with Crippen molar-refractivity contribution < 1.29 is 4.79 Å². The summed E-state index contributed by atoms with van der Waals surface area (Å²) in [6, 6.07) is 15.4. The van der Waals surface area contributed by atoms with Gasteiger partial charge in [0.15, 0.2) is 0 Å². The van der Waals surface area contributed by atoms with E-state index in [4.69, 9.17) is 11.6 Å². The number of halogens is 1. The quantitative estimate of drug-likeness (QED) is 0.595. The van der Waals surface area contributed by atoms with Crippen molar-refractivity contribution in [2.24, 2.45) is 0 Å². The second-order valence-corrected chi connectivity index (χ2v) is 7.62. The molecule has 3 rings (SSSR count). The van der Waals surface area contributed by atoms with E-state index in [1.54, 1.807) is 18.0 Å². The fourth-order valence-electron chi connectivity index (χ4n) is 2.72. The maximum Gasteiger partial charge on any atom is 0.256 e. The highest BCUT2D eigenvalue weighted by Gasteiger charge is 2.12. The van der Waals surface area contributed by atoms with Crippen molar-refractivity contribution in [1.29, 1.82) is 0 Å². The molecule has 0 spiro atoms. The number of nitrogens with one attached hydrogen (secondary N) is 1. The van der Waals surface area contributed by atoms with Gasteiger partial charge in [0, 0.05) is 15.5 Å². The standard InChI is InChI=1S/C21H19ClN2OS/c1-13-5-4-6-14(2)20(13)21(25)24-17-8-10-19(23-12-17)26-18-9-7-16(22)11-15(18)3/h4-12H,1-3H3,(H,24,25). The van der Waals surface area contributed by atoms with Gasteiger partial charge in [-0.05, 0) is 67.8 Å². The minimum absolute atomic E-state index is 0.114. The third kappa shape index (κ3) is 4.26. The summed E-state index contributed by atoms with van der Waals surface area (Å²) in [6.45, 7) is 5.90. The van der Waals surface area contributed by atoms with E-state index in [-0.39, 0.29) is 5.91 Å². The number of pyridine rings is 1. The highest BCUT2D eigenvalue weighted by molar-refractivity contribution is 7.99. The van der Waals surface area contributed by atoms with Crippen LogP contribution in [0.3, 0.4) is 0 Å². The third-order valence-electron chi connectivity index (χ3n) is 4.05. The molecule has 0 atom stereocenters. The number of nitrogens with zero attached hydrogens (tertiary/aromatic N) is 1. The summed E-state index contributed by atoms with van der Waals surface area (Å²) in [4.78, 5) is 18.1. The summed E-state index contributed by atoms with van der Waals surface area (Å²) in [7, 11) is 0. The maximum atomic E-state index is 12.6. The molecule has 0 bridgehead atoms. The first kappa shape index (κ1) is 18.5. The molecule has 5 heteroatoms. The number of aromatic nitrogens is 1. The van der Waals surface area contributed by atoms with Crippen LogP contribution in [0.1, 0.15) is 27.0 Å². The van der Waals surface area contributed by atoms with Crippen LogP contribution in [0.2, 0.25) is 5.02 Å². The average molecular weight is 383 g/mol. The summed E-state index contributed by atoms with van der Waals surface area (Å²) in [6.07, 6.45) is 1.68. The number of amides is 1.